The van der Waals surface area contributed by atoms with E-state index in [0.29, 0.717) is 5.92 Å². The van der Waals surface area contributed by atoms with Crippen molar-refractivity contribution in [3.8, 4) is 0 Å². The van der Waals surface area contributed by atoms with Crippen molar-refractivity contribution >= 4 is 9.84 Å². The quantitative estimate of drug-likeness (QED) is 0.911. The predicted octanol–water partition coefficient (Wildman–Crippen LogP) is 1.77. The Morgan fingerprint density at radius 2 is 2.22 bits per heavy atom. The first-order valence-corrected chi connectivity index (χ1v) is 8.05. The van der Waals surface area contributed by atoms with Gasteiger partial charge in [-0.3, -0.25) is 0 Å². The van der Waals surface area contributed by atoms with Gasteiger partial charge in [-0.2, -0.15) is 0 Å². The highest BCUT2D eigenvalue weighted by molar-refractivity contribution is 7.90. The van der Waals surface area contributed by atoms with Crippen LogP contribution in [0.3, 0.4) is 0 Å². The predicted molar refractivity (Wildman–Crippen MR) is 68.8 cm³/mol. The van der Waals surface area contributed by atoms with Crippen LogP contribution in [0.1, 0.15) is 18.4 Å². The van der Waals surface area contributed by atoms with Crippen molar-refractivity contribution in [3.05, 3.63) is 29.6 Å². The number of nitrogens with one attached hydrogen (secondary N) is 1. The van der Waals surface area contributed by atoms with E-state index in [9.17, 15) is 12.8 Å². The average molecular weight is 271 g/mol. The van der Waals surface area contributed by atoms with E-state index >= 15 is 0 Å². The molecule has 3 nitrogen and oxygen atoms in total. The molecule has 2 rings (SSSR count). The van der Waals surface area contributed by atoms with Crippen molar-refractivity contribution in [2.75, 3.05) is 19.3 Å². The smallest absolute Gasteiger partial charge is 0.178 e. The summed E-state index contributed by atoms with van der Waals surface area (Å²) in [6, 6.07) is 4.44. The van der Waals surface area contributed by atoms with Crippen molar-refractivity contribution in [1.29, 1.82) is 0 Å². The third kappa shape index (κ3) is 3.29. The number of hydrogen-bond donors (Lipinski definition) is 1. The molecule has 1 aliphatic rings. The zero-order valence-electron chi connectivity index (χ0n) is 10.4. The normalized spacial score (nSPS) is 20.9. The molecule has 1 aromatic carbocycles. The third-order valence-electron chi connectivity index (χ3n) is 3.32. The number of rotatable bonds is 3. The molecular weight excluding hydrogens is 253 g/mol. The van der Waals surface area contributed by atoms with E-state index in [1.807, 2.05) is 0 Å². The molecular formula is C13H18FNO2S. The van der Waals surface area contributed by atoms with Crippen molar-refractivity contribution < 1.29 is 12.8 Å². The molecule has 0 spiro atoms. The molecule has 0 saturated carbocycles. The van der Waals surface area contributed by atoms with Crippen molar-refractivity contribution in [2.24, 2.45) is 5.92 Å². The minimum Gasteiger partial charge on any atom is -0.316 e. The fourth-order valence-corrected chi connectivity index (χ4v) is 3.13. The Morgan fingerprint density at radius 3 is 2.78 bits per heavy atom. The Morgan fingerprint density at radius 1 is 1.44 bits per heavy atom. The minimum atomic E-state index is -3.47. The maximum Gasteiger partial charge on any atom is 0.178 e. The fraction of sp³-hybridized carbons (Fsp3) is 0.538. The molecule has 1 saturated heterocycles. The second kappa shape index (κ2) is 5.36. The monoisotopic (exact) mass is 271 g/mol. The second-order valence-electron chi connectivity index (χ2n) is 4.95. The lowest BCUT2D eigenvalue weighted by Gasteiger charge is -2.22. The molecule has 100 valence electrons. The highest BCUT2D eigenvalue weighted by Crippen LogP contribution is 2.20. The van der Waals surface area contributed by atoms with Gasteiger partial charge in [0.15, 0.2) is 9.84 Å². The molecule has 0 aliphatic carbocycles. The van der Waals surface area contributed by atoms with E-state index in [-0.39, 0.29) is 4.90 Å². The molecule has 1 fully saturated rings. The molecule has 1 atom stereocenters. The van der Waals surface area contributed by atoms with Crippen LogP contribution < -0.4 is 5.32 Å². The zero-order chi connectivity index (χ0) is 13.2. The van der Waals surface area contributed by atoms with Gasteiger partial charge >= 0.3 is 0 Å². The molecule has 18 heavy (non-hydrogen) atoms. The molecule has 1 aromatic rings. The summed E-state index contributed by atoms with van der Waals surface area (Å²) >= 11 is 0. The van der Waals surface area contributed by atoms with E-state index < -0.39 is 15.7 Å². The molecule has 1 unspecified atom stereocenters. The Labute approximate surface area is 107 Å². The van der Waals surface area contributed by atoms with Gasteiger partial charge < -0.3 is 5.32 Å². The van der Waals surface area contributed by atoms with Gasteiger partial charge in [-0.1, -0.05) is 6.07 Å². The second-order valence-corrected chi connectivity index (χ2v) is 6.94. The van der Waals surface area contributed by atoms with Crippen LogP contribution in [-0.2, 0) is 16.3 Å². The summed E-state index contributed by atoms with van der Waals surface area (Å²) in [5.74, 6) is -0.124. The van der Waals surface area contributed by atoms with Gasteiger partial charge in [0.25, 0.3) is 0 Å². The van der Waals surface area contributed by atoms with Crippen molar-refractivity contribution in [3.63, 3.8) is 0 Å². The molecule has 0 amide bonds. The first-order valence-electron chi connectivity index (χ1n) is 6.16. The molecule has 5 heteroatoms. The van der Waals surface area contributed by atoms with E-state index in [4.69, 9.17) is 0 Å². The average Bonchev–Trinajstić information content (AvgIpc) is 2.28. The minimum absolute atomic E-state index is 0.215. The van der Waals surface area contributed by atoms with Gasteiger partial charge in [0.1, 0.15) is 10.7 Å². The van der Waals surface area contributed by atoms with Gasteiger partial charge in [-0.25, -0.2) is 12.8 Å². The standard InChI is InChI=1S/C13H18FNO2S/c1-18(16,17)13-5-4-10(8-12(13)14)7-11-3-2-6-15-9-11/h4-5,8,11,15H,2-3,6-7,9H2,1H3. The van der Waals surface area contributed by atoms with Crippen LogP contribution in [0.4, 0.5) is 4.39 Å². The fourth-order valence-electron chi connectivity index (χ4n) is 2.40. The lowest BCUT2D eigenvalue weighted by Crippen LogP contribution is -2.30. The lowest BCUT2D eigenvalue weighted by atomic mass is 9.92. The maximum absolute atomic E-state index is 13.7. The Hall–Kier alpha value is -0.940. The number of sulfone groups is 1. The highest BCUT2D eigenvalue weighted by Gasteiger charge is 2.17. The summed E-state index contributed by atoms with van der Waals surface area (Å²) in [5.41, 5.74) is 0.869. The third-order valence-corrected chi connectivity index (χ3v) is 4.45. The van der Waals surface area contributed by atoms with Gasteiger partial charge in [0.2, 0.25) is 0 Å². The van der Waals surface area contributed by atoms with Gasteiger partial charge in [-0.05, 0) is 56.0 Å². The SMILES string of the molecule is CS(=O)(=O)c1ccc(CC2CCCNC2)cc1F. The summed E-state index contributed by atoms with van der Waals surface area (Å²) < 4.78 is 36.3. The van der Waals surface area contributed by atoms with Crippen LogP contribution in [0.15, 0.2) is 23.1 Å². The summed E-state index contributed by atoms with van der Waals surface area (Å²) in [6.45, 7) is 2.01. The topological polar surface area (TPSA) is 46.2 Å². The van der Waals surface area contributed by atoms with Gasteiger partial charge in [-0.15, -0.1) is 0 Å². The molecule has 0 aromatic heterocycles. The van der Waals surface area contributed by atoms with Crippen LogP contribution in [0.5, 0.6) is 0 Å². The molecule has 1 N–H and O–H groups in total. The van der Waals surface area contributed by atoms with Crippen LogP contribution in [0.25, 0.3) is 0 Å². The summed E-state index contributed by atoms with van der Waals surface area (Å²) in [6.07, 6.45) is 4.11. The Bertz CT molecular complexity index is 522. The van der Waals surface area contributed by atoms with Crippen LogP contribution in [-0.4, -0.2) is 27.8 Å². The van der Waals surface area contributed by atoms with Crippen LogP contribution >= 0.6 is 0 Å². The van der Waals surface area contributed by atoms with E-state index in [2.05, 4.69) is 5.32 Å². The molecule has 0 bridgehead atoms. The van der Waals surface area contributed by atoms with E-state index in [1.165, 1.54) is 12.1 Å². The summed E-state index contributed by atoms with van der Waals surface area (Å²) in [5, 5.41) is 3.32. The van der Waals surface area contributed by atoms with Crippen LogP contribution in [0.2, 0.25) is 0 Å². The van der Waals surface area contributed by atoms with Gasteiger partial charge in [0, 0.05) is 6.26 Å². The largest absolute Gasteiger partial charge is 0.316 e. The van der Waals surface area contributed by atoms with E-state index in [1.54, 1.807) is 6.07 Å². The number of halogens is 1. The highest BCUT2D eigenvalue weighted by atomic mass is 32.2. The number of benzene rings is 1. The van der Waals surface area contributed by atoms with E-state index in [0.717, 1.165) is 44.2 Å². The zero-order valence-corrected chi connectivity index (χ0v) is 11.3. The van der Waals surface area contributed by atoms with Crippen molar-refractivity contribution in [1.82, 2.24) is 5.32 Å². The Balaban J connectivity index is 2.13. The molecule has 1 heterocycles. The first-order chi connectivity index (χ1) is 8.47. The van der Waals surface area contributed by atoms with Crippen LogP contribution in [0, 0.1) is 11.7 Å². The summed E-state index contributed by atoms with van der Waals surface area (Å²) in [4.78, 5) is -0.215. The maximum atomic E-state index is 13.7. The van der Waals surface area contributed by atoms with Gasteiger partial charge in [0.05, 0.1) is 0 Å². The number of piperidine rings is 1. The van der Waals surface area contributed by atoms with Crippen molar-refractivity contribution in [2.45, 2.75) is 24.2 Å². The number of hydrogen-bond acceptors (Lipinski definition) is 3. The first kappa shape index (κ1) is 13.5. The lowest BCUT2D eigenvalue weighted by molar-refractivity contribution is 0.375. The molecule has 0 radical (unpaired) electrons. The Kier molecular flexibility index (Phi) is 4.02. The summed E-state index contributed by atoms with van der Waals surface area (Å²) in [7, 11) is -3.47. The molecule has 1 aliphatic heterocycles.